The van der Waals surface area contributed by atoms with E-state index in [0.29, 0.717) is 12.1 Å². The molecule has 0 radical (unpaired) electrons. The Hall–Kier alpha value is -1.08. The predicted octanol–water partition coefficient (Wildman–Crippen LogP) is 0.678. The van der Waals surface area contributed by atoms with Crippen LogP contribution in [0.5, 0.6) is 0 Å². The Balaban J connectivity index is 2.87. The van der Waals surface area contributed by atoms with Crippen molar-refractivity contribution >= 4 is 27.5 Å². The van der Waals surface area contributed by atoms with E-state index in [-0.39, 0.29) is 10.9 Å². The van der Waals surface area contributed by atoms with E-state index in [9.17, 15) is 4.79 Å². The lowest BCUT2D eigenvalue weighted by atomic mass is 10.0. The van der Waals surface area contributed by atoms with Crippen molar-refractivity contribution in [3.05, 3.63) is 0 Å². The van der Waals surface area contributed by atoms with Gasteiger partial charge in [-0.2, -0.15) is 0 Å². The summed E-state index contributed by atoms with van der Waals surface area (Å²) in [5, 5.41) is 24.6. The number of hydrogen-bond donors (Lipinski definition) is 3. The summed E-state index contributed by atoms with van der Waals surface area (Å²) in [7, 11) is -0.951. The molecule has 0 aromatic rings. The molecule has 1 aliphatic rings. The highest BCUT2D eigenvalue weighted by Crippen LogP contribution is 2.14. The van der Waals surface area contributed by atoms with Crippen LogP contribution in [0.4, 0.5) is 0 Å². The highest BCUT2D eigenvalue weighted by atomic mass is 32.2. The van der Waals surface area contributed by atoms with Crippen LogP contribution in [0.3, 0.4) is 0 Å². The van der Waals surface area contributed by atoms with E-state index in [1.165, 1.54) is 0 Å². The Labute approximate surface area is 83.2 Å². The van der Waals surface area contributed by atoms with Gasteiger partial charge in [0, 0.05) is 16.4 Å². The number of hydrogen-bond acceptors (Lipinski definition) is 3. The molecule has 6 nitrogen and oxygen atoms in total. The lowest BCUT2D eigenvalue weighted by molar-refractivity contribution is -0.139. The number of carboxylic acids is 1. The molecular formula is C7H11N3O3S. The zero-order chi connectivity index (χ0) is 10.7. The van der Waals surface area contributed by atoms with Crippen LogP contribution < -0.4 is 0 Å². The average molecular weight is 217 g/mol. The molecule has 14 heavy (non-hydrogen) atoms. The highest BCUT2D eigenvalue weighted by Gasteiger charge is 2.28. The average Bonchev–Trinajstić information content (AvgIpc) is 2.47. The van der Waals surface area contributed by atoms with Crippen LogP contribution in [-0.4, -0.2) is 32.9 Å². The second kappa shape index (κ2) is 4.43. The van der Waals surface area contributed by atoms with Crippen LogP contribution in [0.15, 0.2) is 9.52 Å². The number of amidine groups is 1. The third kappa shape index (κ3) is 2.05. The molecule has 0 amide bonds. The van der Waals surface area contributed by atoms with Crippen LogP contribution in [0.1, 0.15) is 13.3 Å². The minimum absolute atomic E-state index is 0.0396. The van der Waals surface area contributed by atoms with Crippen LogP contribution in [0.2, 0.25) is 0 Å². The van der Waals surface area contributed by atoms with E-state index in [1.807, 2.05) is 0 Å². The number of carbonyl (C=O) groups is 1. The molecule has 3 N–H and O–H groups in total. The number of rotatable bonds is 3. The molecule has 0 aliphatic carbocycles. The van der Waals surface area contributed by atoms with Gasteiger partial charge in [-0.15, -0.1) is 4.53 Å². The van der Waals surface area contributed by atoms with Crippen molar-refractivity contribution in [1.82, 2.24) is 0 Å². The number of aliphatic imine (C=N–C) groups is 1. The number of aliphatic carboxylic acids is 1. The molecule has 0 aromatic carbocycles. The van der Waals surface area contributed by atoms with E-state index < -0.39 is 22.6 Å². The maximum absolute atomic E-state index is 10.8. The van der Waals surface area contributed by atoms with Gasteiger partial charge in [0.15, 0.2) is 5.17 Å². The Morgan fingerprint density at radius 3 is 2.86 bits per heavy atom. The van der Waals surface area contributed by atoms with E-state index in [2.05, 4.69) is 9.52 Å². The highest BCUT2D eigenvalue weighted by molar-refractivity contribution is 8.03. The smallest absolute Gasteiger partial charge is 0.312 e. The van der Waals surface area contributed by atoms with E-state index in [4.69, 9.17) is 15.7 Å². The van der Waals surface area contributed by atoms with Crippen LogP contribution >= 0.6 is 0 Å². The molecule has 0 bridgehead atoms. The topological polar surface area (TPSA) is 106 Å². The minimum atomic E-state index is -0.951. The van der Waals surface area contributed by atoms with Crippen molar-refractivity contribution < 1.29 is 15.1 Å². The number of carboxylic acid groups (broad SMARTS) is 1. The van der Waals surface area contributed by atoms with Gasteiger partial charge in [-0.3, -0.25) is 15.4 Å². The molecule has 1 aliphatic heterocycles. The molecule has 0 saturated heterocycles. The molecule has 2 unspecified atom stereocenters. The van der Waals surface area contributed by atoms with Crippen molar-refractivity contribution in [1.29, 1.82) is 5.41 Å². The third-order valence-electron chi connectivity index (χ3n) is 1.96. The Morgan fingerprint density at radius 1 is 1.86 bits per heavy atom. The summed E-state index contributed by atoms with van der Waals surface area (Å²) in [6.45, 7) is 1.75. The van der Waals surface area contributed by atoms with Crippen LogP contribution in [-0.2, 0) is 15.5 Å². The van der Waals surface area contributed by atoms with Gasteiger partial charge in [0.05, 0.1) is 11.7 Å². The van der Waals surface area contributed by atoms with E-state index >= 15 is 0 Å². The van der Waals surface area contributed by atoms with Crippen LogP contribution in [0, 0.1) is 11.3 Å². The Kier molecular flexibility index (Phi) is 3.48. The second-order valence-corrected chi connectivity index (χ2v) is 4.37. The van der Waals surface area contributed by atoms with Crippen molar-refractivity contribution in [3.8, 4) is 0 Å². The van der Waals surface area contributed by atoms with E-state index in [0.717, 1.165) is 0 Å². The van der Waals surface area contributed by atoms with Gasteiger partial charge in [-0.25, -0.2) is 4.99 Å². The van der Waals surface area contributed by atoms with Gasteiger partial charge < -0.3 is 5.11 Å². The largest absolute Gasteiger partial charge is 0.481 e. The summed E-state index contributed by atoms with van der Waals surface area (Å²) in [6, 6.07) is 0. The first-order chi connectivity index (χ1) is 6.60. The number of nitrogens with one attached hydrogen (secondary N) is 1. The standard InChI is InChI=1S/C7H11N3O3S/c1-2-4(6(11)12)5-3-14(10-13)7(8)9-5/h4,8,13H,2-3H2,1H3,(H,11,12). The maximum Gasteiger partial charge on any atom is 0.312 e. The summed E-state index contributed by atoms with van der Waals surface area (Å²) >= 11 is 0. The lowest BCUT2D eigenvalue weighted by Gasteiger charge is -2.07. The van der Waals surface area contributed by atoms with Gasteiger partial charge in [0.25, 0.3) is 0 Å². The summed E-state index contributed by atoms with van der Waals surface area (Å²) in [5.41, 5.74) is 0.436. The molecule has 1 heterocycles. The normalized spacial score (nSPS) is 23.7. The molecule has 0 saturated carbocycles. The van der Waals surface area contributed by atoms with Gasteiger partial charge >= 0.3 is 5.97 Å². The summed E-state index contributed by atoms with van der Waals surface area (Å²) in [5.74, 6) is -1.34. The maximum atomic E-state index is 10.8. The quantitative estimate of drug-likeness (QED) is 0.605. The SMILES string of the molecule is CCC(C(=O)O)C1=NC(=N)S(=NO)C1. The fraction of sp³-hybridized carbons (Fsp3) is 0.571. The molecule has 2 atom stereocenters. The second-order valence-electron chi connectivity index (χ2n) is 2.80. The Bertz CT molecular complexity index is 337. The first-order valence-electron chi connectivity index (χ1n) is 4.05. The molecule has 0 spiro atoms. The molecule has 1 rings (SSSR count). The zero-order valence-electron chi connectivity index (χ0n) is 7.60. The number of nitrogens with zero attached hydrogens (tertiary/aromatic N) is 2. The third-order valence-corrected chi connectivity index (χ3v) is 3.26. The lowest BCUT2D eigenvalue weighted by Crippen LogP contribution is -2.24. The van der Waals surface area contributed by atoms with E-state index in [1.54, 1.807) is 6.92 Å². The first-order valence-corrected chi connectivity index (χ1v) is 5.40. The summed E-state index contributed by atoms with van der Waals surface area (Å²) < 4.78 is 2.99. The van der Waals surface area contributed by atoms with Gasteiger partial charge in [0.2, 0.25) is 0 Å². The first kappa shape index (κ1) is 11.0. The molecular weight excluding hydrogens is 206 g/mol. The molecule has 78 valence electrons. The predicted molar refractivity (Wildman–Crippen MR) is 53.0 cm³/mol. The van der Waals surface area contributed by atoms with Crippen LogP contribution in [0.25, 0.3) is 0 Å². The van der Waals surface area contributed by atoms with Gasteiger partial charge in [0.1, 0.15) is 0 Å². The fourth-order valence-corrected chi connectivity index (χ4v) is 2.26. The monoisotopic (exact) mass is 217 g/mol. The Morgan fingerprint density at radius 2 is 2.50 bits per heavy atom. The summed E-state index contributed by atoms with van der Waals surface area (Å²) in [6.07, 6.45) is 0.435. The summed E-state index contributed by atoms with van der Waals surface area (Å²) in [4.78, 5) is 14.6. The van der Waals surface area contributed by atoms with Gasteiger partial charge in [-0.1, -0.05) is 6.92 Å². The van der Waals surface area contributed by atoms with Crippen molar-refractivity contribution in [2.75, 3.05) is 5.75 Å². The van der Waals surface area contributed by atoms with Crippen molar-refractivity contribution in [2.24, 2.45) is 15.4 Å². The molecule has 7 heteroatoms. The zero-order valence-corrected chi connectivity index (χ0v) is 8.41. The fourth-order valence-electron chi connectivity index (χ4n) is 1.22. The van der Waals surface area contributed by atoms with Gasteiger partial charge in [-0.05, 0) is 6.42 Å². The molecule has 0 fully saturated rings. The molecule has 0 aromatic heterocycles. The minimum Gasteiger partial charge on any atom is -0.481 e. The van der Waals surface area contributed by atoms with Crippen molar-refractivity contribution in [3.63, 3.8) is 0 Å². The van der Waals surface area contributed by atoms with Crippen molar-refractivity contribution in [2.45, 2.75) is 13.3 Å².